The molecule has 1 aromatic heterocycles. The topological polar surface area (TPSA) is 101 Å². The number of rotatable bonds is 8. The Morgan fingerprint density at radius 2 is 2.03 bits per heavy atom. The Bertz CT molecular complexity index is 1370. The lowest BCUT2D eigenvalue weighted by Gasteiger charge is -2.30. The molecule has 2 heterocycles. The van der Waals surface area contributed by atoms with Crippen molar-refractivity contribution < 1.29 is 17.9 Å². The van der Waals surface area contributed by atoms with Crippen LogP contribution in [-0.4, -0.2) is 49.6 Å². The minimum atomic E-state index is -3.70. The highest BCUT2D eigenvalue weighted by molar-refractivity contribution is 7.89. The normalized spacial score (nSPS) is 15.3. The summed E-state index contributed by atoms with van der Waals surface area (Å²) in [5.74, 6) is -0.521. The number of ether oxygens (including phenoxy) is 1. The van der Waals surface area contributed by atoms with Crippen LogP contribution in [0.2, 0.25) is 10.0 Å². The van der Waals surface area contributed by atoms with Gasteiger partial charge < -0.3 is 4.74 Å². The average Bonchev–Trinajstić information content (AvgIpc) is 3.35. The molecule has 12 heteroatoms. The fraction of sp³-hybridized carbons (Fsp3) is 0.292. The first-order valence-electron chi connectivity index (χ1n) is 11.2. The number of benzene rings is 2. The van der Waals surface area contributed by atoms with E-state index in [-0.39, 0.29) is 29.9 Å². The second-order valence-electron chi connectivity index (χ2n) is 8.03. The van der Waals surface area contributed by atoms with Crippen molar-refractivity contribution in [3.8, 4) is 11.3 Å². The Morgan fingerprint density at radius 3 is 2.75 bits per heavy atom. The third-order valence-corrected chi connectivity index (χ3v) is 8.88. The zero-order valence-electron chi connectivity index (χ0n) is 19.4. The number of piperidine rings is 1. The molecule has 36 heavy (non-hydrogen) atoms. The Labute approximate surface area is 224 Å². The van der Waals surface area contributed by atoms with E-state index < -0.39 is 10.0 Å². The molecule has 1 aliphatic heterocycles. The summed E-state index contributed by atoms with van der Waals surface area (Å²) >= 11 is 13.4. The first-order chi connectivity index (χ1) is 17.3. The number of hydrazone groups is 1. The van der Waals surface area contributed by atoms with Crippen LogP contribution in [0.5, 0.6) is 0 Å². The Kier molecular flexibility index (Phi) is 8.63. The van der Waals surface area contributed by atoms with E-state index in [0.717, 1.165) is 0 Å². The summed E-state index contributed by atoms with van der Waals surface area (Å²) in [5, 5.41) is 7.56. The summed E-state index contributed by atoms with van der Waals surface area (Å²) in [6, 6.07) is 11.8. The van der Waals surface area contributed by atoms with E-state index in [1.54, 1.807) is 49.5 Å². The number of anilines is 1. The zero-order valence-corrected chi connectivity index (χ0v) is 22.5. The Morgan fingerprint density at radius 1 is 1.25 bits per heavy atom. The number of nitrogens with zero attached hydrogens (tertiary/aromatic N) is 3. The summed E-state index contributed by atoms with van der Waals surface area (Å²) in [7, 11) is -3.70. The molecule has 8 nitrogen and oxygen atoms in total. The van der Waals surface area contributed by atoms with E-state index in [1.165, 1.54) is 15.6 Å². The maximum atomic E-state index is 13.2. The fourth-order valence-corrected chi connectivity index (χ4v) is 6.42. The van der Waals surface area contributed by atoms with Crippen molar-refractivity contribution >= 4 is 61.9 Å². The number of aromatic nitrogens is 1. The maximum absolute atomic E-state index is 13.2. The van der Waals surface area contributed by atoms with E-state index in [4.69, 9.17) is 27.9 Å². The zero-order chi connectivity index (χ0) is 25.7. The standard InChI is InChI=1S/C24H24Cl2N4O4S2/c1-2-34-23(31)16-8-10-30(11-9-16)36(32,33)20-5-3-4-17(12-20)22-15-35-24(28-22)29-27-14-18-6-7-19(25)13-21(18)26/h3-7,12-16H,2,8-11H2,1H3,(H,28,29). The van der Waals surface area contributed by atoms with Gasteiger partial charge >= 0.3 is 5.97 Å². The van der Waals surface area contributed by atoms with E-state index in [2.05, 4.69) is 15.5 Å². The lowest BCUT2D eigenvalue weighted by atomic mass is 9.98. The van der Waals surface area contributed by atoms with Gasteiger partial charge in [-0.1, -0.05) is 41.4 Å². The third-order valence-electron chi connectivity index (χ3n) is 5.67. The lowest BCUT2D eigenvalue weighted by Crippen LogP contribution is -2.40. The molecule has 0 aliphatic carbocycles. The minimum absolute atomic E-state index is 0.187. The van der Waals surface area contributed by atoms with Gasteiger partial charge in [-0.3, -0.25) is 10.2 Å². The van der Waals surface area contributed by atoms with E-state index in [1.807, 2.05) is 11.4 Å². The van der Waals surface area contributed by atoms with Crippen LogP contribution in [-0.2, 0) is 19.6 Å². The van der Waals surface area contributed by atoms with Gasteiger partial charge in [0.2, 0.25) is 15.2 Å². The number of nitrogens with one attached hydrogen (secondary N) is 1. The molecular formula is C24H24Cl2N4O4S2. The molecule has 0 bridgehead atoms. The van der Waals surface area contributed by atoms with E-state index in [0.29, 0.717) is 51.4 Å². The predicted molar refractivity (Wildman–Crippen MR) is 143 cm³/mol. The second kappa shape index (κ2) is 11.7. The van der Waals surface area contributed by atoms with Gasteiger partial charge in [0.15, 0.2) is 0 Å². The second-order valence-corrected chi connectivity index (χ2v) is 11.7. The molecule has 0 atom stereocenters. The van der Waals surface area contributed by atoms with Crippen molar-refractivity contribution in [2.24, 2.45) is 11.0 Å². The van der Waals surface area contributed by atoms with Gasteiger partial charge in [0, 0.05) is 34.6 Å². The minimum Gasteiger partial charge on any atom is -0.466 e. The van der Waals surface area contributed by atoms with Gasteiger partial charge in [-0.2, -0.15) is 9.41 Å². The summed E-state index contributed by atoms with van der Waals surface area (Å²) in [6.07, 6.45) is 2.46. The monoisotopic (exact) mass is 566 g/mol. The van der Waals surface area contributed by atoms with Crippen molar-refractivity contribution in [1.82, 2.24) is 9.29 Å². The van der Waals surface area contributed by atoms with Crippen LogP contribution in [0.4, 0.5) is 5.13 Å². The number of thiazole rings is 1. The summed E-state index contributed by atoms with van der Waals surface area (Å²) in [4.78, 5) is 16.7. The molecular weight excluding hydrogens is 543 g/mol. The molecule has 3 aromatic rings. The van der Waals surface area contributed by atoms with Gasteiger partial charge in [-0.15, -0.1) is 11.3 Å². The highest BCUT2D eigenvalue weighted by atomic mass is 35.5. The predicted octanol–water partition coefficient (Wildman–Crippen LogP) is 5.53. The fourth-order valence-electron chi connectivity index (χ4n) is 3.78. The number of hydrogen-bond acceptors (Lipinski definition) is 8. The molecule has 0 amide bonds. The van der Waals surface area contributed by atoms with Gasteiger partial charge in [0.25, 0.3) is 0 Å². The van der Waals surface area contributed by atoms with Crippen LogP contribution in [0.25, 0.3) is 11.3 Å². The number of hydrogen-bond donors (Lipinski definition) is 1. The molecule has 4 rings (SSSR count). The van der Waals surface area contributed by atoms with E-state index >= 15 is 0 Å². The number of sulfonamides is 1. The molecule has 0 spiro atoms. The summed E-state index contributed by atoms with van der Waals surface area (Å²) in [5.41, 5.74) is 4.87. The number of halogens is 2. The molecule has 0 unspecified atom stereocenters. The molecule has 1 N–H and O–H groups in total. The molecule has 1 fully saturated rings. The summed E-state index contributed by atoms with van der Waals surface area (Å²) < 4.78 is 33.0. The number of carbonyl (C=O) groups excluding carboxylic acids is 1. The Balaban J connectivity index is 1.43. The van der Waals surface area contributed by atoms with Gasteiger partial charge in [0.05, 0.1) is 34.4 Å². The SMILES string of the molecule is CCOC(=O)C1CCN(S(=O)(=O)c2cccc(-c3csc(NN=Cc4ccc(Cl)cc4Cl)n3)c2)CC1. The van der Waals surface area contributed by atoms with E-state index in [9.17, 15) is 13.2 Å². The van der Waals surface area contributed by atoms with Gasteiger partial charge in [0.1, 0.15) is 0 Å². The Hall–Kier alpha value is -2.50. The molecule has 2 aromatic carbocycles. The van der Waals surface area contributed by atoms with Crippen molar-refractivity contribution in [1.29, 1.82) is 0 Å². The smallest absolute Gasteiger partial charge is 0.309 e. The van der Waals surface area contributed by atoms with Crippen molar-refractivity contribution in [3.05, 3.63) is 63.5 Å². The molecule has 0 radical (unpaired) electrons. The molecule has 1 saturated heterocycles. The maximum Gasteiger partial charge on any atom is 0.309 e. The van der Waals surface area contributed by atoms with Crippen LogP contribution in [0.1, 0.15) is 25.3 Å². The molecule has 0 saturated carbocycles. The van der Waals surface area contributed by atoms with Crippen LogP contribution in [0.15, 0.2) is 57.8 Å². The van der Waals surface area contributed by atoms with Crippen LogP contribution in [0.3, 0.4) is 0 Å². The van der Waals surface area contributed by atoms with Crippen LogP contribution < -0.4 is 5.43 Å². The van der Waals surface area contributed by atoms with Gasteiger partial charge in [-0.05, 0) is 44.0 Å². The number of carbonyl (C=O) groups is 1. The highest BCUT2D eigenvalue weighted by Gasteiger charge is 2.32. The van der Waals surface area contributed by atoms with Crippen LogP contribution >= 0.6 is 34.5 Å². The third kappa shape index (κ3) is 6.24. The first kappa shape index (κ1) is 26.6. The number of esters is 1. The molecule has 190 valence electrons. The average molecular weight is 568 g/mol. The quantitative estimate of drug-likeness (QED) is 0.218. The molecule has 1 aliphatic rings. The lowest BCUT2D eigenvalue weighted by molar-refractivity contribution is -0.149. The van der Waals surface area contributed by atoms with Crippen molar-refractivity contribution in [2.45, 2.75) is 24.7 Å². The highest BCUT2D eigenvalue weighted by Crippen LogP contribution is 2.29. The van der Waals surface area contributed by atoms with Crippen molar-refractivity contribution in [2.75, 3.05) is 25.1 Å². The largest absolute Gasteiger partial charge is 0.466 e. The van der Waals surface area contributed by atoms with Gasteiger partial charge in [-0.25, -0.2) is 13.4 Å². The first-order valence-corrected chi connectivity index (χ1v) is 14.3. The van der Waals surface area contributed by atoms with Crippen LogP contribution in [0, 0.1) is 5.92 Å². The van der Waals surface area contributed by atoms with Crippen molar-refractivity contribution in [3.63, 3.8) is 0 Å². The summed E-state index contributed by atoms with van der Waals surface area (Å²) in [6.45, 7) is 2.63.